The molecule has 2 rings (SSSR count). The van der Waals surface area contributed by atoms with Crippen molar-refractivity contribution in [2.45, 2.75) is 20.0 Å². The van der Waals surface area contributed by atoms with Crippen molar-refractivity contribution in [3.63, 3.8) is 0 Å². The number of aromatic nitrogens is 4. The molecular weight excluding hydrogens is 300 g/mol. The van der Waals surface area contributed by atoms with Crippen molar-refractivity contribution < 1.29 is 9.72 Å². The van der Waals surface area contributed by atoms with Gasteiger partial charge >= 0.3 is 5.69 Å². The number of nitro groups is 1. The Bertz CT molecular complexity index is 679. The second-order valence-electron chi connectivity index (χ2n) is 4.30. The predicted octanol–water partition coefficient (Wildman–Crippen LogP) is 1.46. The Kier molecular flexibility index (Phi) is 4.22. The maximum absolute atomic E-state index is 12.2. The molecule has 2 heterocycles. The topological polar surface area (TPSA) is 110 Å². The molecule has 0 aromatic carbocycles. The summed E-state index contributed by atoms with van der Waals surface area (Å²) in [4.78, 5) is 23.7. The number of nitrogens with one attached hydrogen (secondary N) is 1. The number of nitrogens with zero attached hydrogens (tertiary/aromatic N) is 5. The fraction of sp³-hybridized carbons (Fsp3) is 0.364. The number of hydrogen-bond acceptors (Lipinski definition) is 5. The minimum absolute atomic E-state index is 0.166. The maximum Gasteiger partial charge on any atom is 0.319 e. The van der Waals surface area contributed by atoms with E-state index in [2.05, 4.69) is 15.3 Å². The van der Waals surface area contributed by atoms with Crippen LogP contribution in [0.15, 0.2) is 12.4 Å². The summed E-state index contributed by atoms with van der Waals surface area (Å²) in [6.45, 7) is 2.68. The molecule has 1 N–H and O–H groups in total. The molecule has 0 spiro atoms. The van der Waals surface area contributed by atoms with Crippen molar-refractivity contribution in [2.24, 2.45) is 0 Å². The van der Waals surface area contributed by atoms with Crippen molar-refractivity contribution in [3.05, 3.63) is 38.9 Å². The van der Waals surface area contributed by atoms with Crippen LogP contribution < -0.4 is 0 Å². The Hall–Kier alpha value is -2.42. The summed E-state index contributed by atoms with van der Waals surface area (Å²) >= 11 is 6.03. The van der Waals surface area contributed by atoms with Gasteiger partial charge in [0.1, 0.15) is 6.20 Å². The molecule has 0 radical (unpaired) electrons. The molecule has 0 saturated heterocycles. The number of rotatable bonds is 5. The number of carbonyl (C=O) groups is 1. The molecule has 0 atom stereocenters. The molecule has 0 aliphatic heterocycles. The SMILES string of the molecule is CCn1ncc(Cl)c1CN(C)C(=O)c1[nH]ncc1[N+](=O)[O-]. The van der Waals surface area contributed by atoms with E-state index >= 15 is 0 Å². The molecule has 9 nitrogen and oxygen atoms in total. The third kappa shape index (κ3) is 2.87. The first kappa shape index (κ1) is 15.0. The molecule has 112 valence electrons. The van der Waals surface area contributed by atoms with Gasteiger partial charge < -0.3 is 4.90 Å². The van der Waals surface area contributed by atoms with Gasteiger partial charge in [-0.05, 0) is 6.92 Å². The van der Waals surface area contributed by atoms with Crippen LogP contribution in [0.4, 0.5) is 5.69 Å². The van der Waals surface area contributed by atoms with Gasteiger partial charge in [-0.15, -0.1) is 0 Å². The van der Waals surface area contributed by atoms with Gasteiger partial charge in [0, 0.05) is 13.6 Å². The second kappa shape index (κ2) is 5.92. The minimum Gasteiger partial charge on any atom is -0.334 e. The number of halogens is 1. The van der Waals surface area contributed by atoms with Crippen LogP contribution in [0.25, 0.3) is 0 Å². The van der Waals surface area contributed by atoms with Gasteiger partial charge in [-0.3, -0.25) is 24.7 Å². The molecule has 0 bridgehead atoms. The van der Waals surface area contributed by atoms with Crippen molar-refractivity contribution >= 4 is 23.2 Å². The average Bonchev–Trinajstić information content (AvgIpc) is 3.06. The van der Waals surface area contributed by atoms with Gasteiger partial charge in [0.05, 0.1) is 28.4 Å². The molecule has 2 aromatic heterocycles. The van der Waals surface area contributed by atoms with Crippen molar-refractivity contribution in [2.75, 3.05) is 7.05 Å². The Labute approximate surface area is 124 Å². The number of carbonyl (C=O) groups excluding carboxylic acids is 1. The van der Waals surface area contributed by atoms with Gasteiger partial charge in [0.15, 0.2) is 0 Å². The summed E-state index contributed by atoms with van der Waals surface area (Å²) < 4.78 is 1.66. The van der Waals surface area contributed by atoms with Gasteiger partial charge in [-0.25, -0.2) is 0 Å². The normalized spacial score (nSPS) is 10.6. The molecule has 0 fully saturated rings. The van der Waals surface area contributed by atoms with Crippen LogP contribution >= 0.6 is 11.6 Å². The number of aryl methyl sites for hydroxylation is 1. The summed E-state index contributed by atoms with van der Waals surface area (Å²) in [6, 6.07) is 0. The molecular formula is C11H13ClN6O3. The lowest BCUT2D eigenvalue weighted by Gasteiger charge is -2.17. The van der Waals surface area contributed by atoms with Crippen LogP contribution in [0.3, 0.4) is 0 Å². The third-order valence-corrected chi connectivity index (χ3v) is 3.28. The van der Waals surface area contributed by atoms with E-state index in [1.807, 2.05) is 6.92 Å². The lowest BCUT2D eigenvalue weighted by atomic mass is 10.3. The van der Waals surface area contributed by atoms with Crippen LogP contribution in [0.1, 0.15) is 23.1 Å². The van der Waals surface area contributed by atoms with Crippen LogP contribution in [-0.2, 0) is 13.1 Å². The summed E-state index contributed by atoms with van der Waals surface area (Å²) in [5.74, 6) is -0.542. The Morgan fingerprint density at radius 3 is 2.90 bits per heavy atom. The van der Waals surface area contributed by atoms with Gasteiger partial charge in [-0.1, -0.05) is 11.6 Å². The second-order valence-corrected chi connectivity index (χ2v) is 4.71. The quantitative estimate of drug-likeness (QED) is 0.664. The highest BCUT2D eigenvalue weighted by atomic mass is 35.5. The first-order chi connectivity index (χ1) is 9.95. The van der Waals surface area contributed by atoms with Crippen LogP contribution in [0, 0.1) is 10.1 Å². The van der Waals surface area contributed by atoms with Crippen molar-refractivity contribution in [1.82, 2.24) is 24.9 Å². The highest BCUT2D eigenvalue weighted by Crippen LogP contribution is 2.20. The molecule has 21 heavy (non-hydrogen) atoms. The van der Waals surface area contributed by atoms with Gasteiger partial charge in [0.2, 0.25) is 5.69 Å². The summed E-state index contributed by atoms with van der Waals surface area (Å²) in [5, 5.41) is 21.2. The lowest BCUT2D eigenvalue weighted by molar-refractivity contribution is -0.385. The fourth-order valence-corrected chi connectivity index (χ4v) is 2.08. The van der Waals surface area contributed by atoms with E-state index in [9.17, 15) is 14.9 Å². The van der Waals surface area contributed by atoms with Crippen LogP contribution in [0.2, 0.25) is 5.02 Å². The largest absolute Gasteiger partial charge is 0.334 e. The maximum atomic E-state index is 12.2. The van der Waals surface area contributed by atoms with Crippen LogP contribution in [0.5, 0.6) is 0 Å². The first-order valence-electron chi connectivity index (χ1n) is 6.09. The highest BCUT2D eigenvalue weighted by Gasteiger charge is 2.26. The molecule has 0 aliphatic rings. The molecule has 0 aliphatic carbocycles. The minimum atomic E-state index is -0.659. The summed E-state index contributed by atoms with van der Waals surface area (Å²) in [7, 11) is 1.52. The van der Waals surface area contributed by atoms with E-state index in [-0.39, 0.29) is 17.9 Å². The van der Waals surface area contributed by atoms with E-state index in [0.29, 0.717) is 17.3 Å². The third-order valence-electron chi connectivity index (χ3n) is 2.96. The van der Waals surface area contributed by atoms with Crippen molar-refractivity contribution in [1.29, 1.82) is 0 Å². The van der Waals surface area contributed by atoms with E-state index in [1.165, 1.54) is 18.1 Å². The summed E-state index contributed by atoms with van der Waals surface area (Å²) in [5.41, 5.74) is 0.139. The first-order valence-corrected chi connectivity index (χ1v) is 6.46. The van der Waals surface area contributed by atoms with Crippen LogP contribution in [-0.4, -0.2) is 42.8 Å². The summed E-state index contributed by atoms with van der Waals surface area (Å²) in [6.07, 6.45) is 2.50. The number of amides is 1. The zero-order valence-electron chi connectivity index (χ0n) is 11.4. The zero-order valence-corrected chi connectivity index (χ0v) is 12.2. The molecule has 1 amide bonds. The van der Waals surface area contributed by atoms with Gasteiger partial charge in [-0.2, -0.15) is 10.2 Å². The molecule has 2 aromatic rings. The number of H-pyrrole nitrogens is 1. The molecule has 0 saturated carbocycles. The Balaban J connectivity index is 2.22. The molecule has 10 heteroatoms. The zero-order chi connectivity index (χ0) is 15.6. The highest BCUT2D eigenvalue weighted by molar-refractivity contribution is 6.31. The predicted molar refractivity (Wildman–Crippen MR) is 74.0 cm³/mol. The van der Waals surface area contributed by atoms with E-state index in [1.54, 1.807) is 4.68 Å². The smallest absolute Gasteiger partial charge is 0.319 e. The monoisotopic (exact) mass is 312 g/mol. The Morgan fingerprint density at radius 2 is 2.29 bits per heavy atom. The van der Waals surface area contributed by atoms with E-state index in [0.717, 1.165) is 6.20 Å². The number of hydrogen-bond donors (Lipinski definition) is 1. The van der Waals surface area contributed by atoms with E-state index < -0.39 is 10.8 Å². The number of aromatic amines is 1. The Morgan fingerprint density at radius 1 is 1.57 bits per heavy atom. The molecule has 0 unspecified atom stereocenters. The lowest BCUT2D eigenvalue weighted by Crippen LogP contribution is -2.28. The van der Waals surface area contributed by atoms with Crippen molar-refractivity contribution in [3.8, 4) is 0 Å². The van der Waals surface area contributed by atoms with Gasteiger partial charge in [0.25, 0.3) is 5.91 Å². The standard InChI is InChI=1S/C11H13ClN6O3/c1-3-17-9(7(12)4-14-17)6-16(2)11(19)10-8(18(20)21)5-13-15-10/h4-5H,3,6H2,1-2H3,(H,13,15). The van der Waals surface area contributed by atoms with E-state index in [4.69, 9.17) is 11.6 Å². The fourth-order valence-electron chi connectivity index (χ4n) is 1.88. The average molecular weight is 313 g/mol.